The quantitative estimate of drug-likeness (QED) is 0.406. The highest BCUT2D eigenvalue weighted by atomic mass is 16.6. The molecule has 112 valence electrons. The fourth-order valence-corrected chi connectivity index (χ4v) is 1.51. The molecule has 9 nitrogen and oxygen atoms in total. The molecule has 1 aromatic rings. The Balaban J connectivity index is 2.24. The Hall–Kier alpha value is -2.00. The van der Waals surface area contributed by atoms with Gasteiger partial charge in [-0.05, 0) is 6.42 Å². The second-order valence-electron chi connectivity index (χ2n) is 4.31. The third kappa shape index (κ3) is 5.76. The molecular formula is C11H19N5O4. The van der Waals surface area contributed by atoms with E-state index in [1.54, 1.807) is 0 Å². The van der Waals surface area contributed by atoms with Crippen LogP contribution in [0.1, 0.15) is 13.3 Å². The normalized spacial score (nSPS) is 12.1. The minimum absolute atomic E-state index is 0.121. The van der Waals surface area contributed by atoms with Crippen LogP contribution in [0.15, 0.2) is 12.4 Å². The van der Waals surface area contributed by atoms with Crippen molar-refractivity contribution in [2.45, 2.75) is 26.0 Å². The van der Waals surface area contributed by atoms with Gasteiger partial charge in [0.15, 0.2) is 0 Å². The van der Waals surface area contributed by atoms with E-state index in [4.69, 9.17) is 0 Å². The topological polar surface area (TPSA) is 122 Å². The number of nitro groups is 1. The van der Waals surface area contributed by atoms with E-state index in [0.29, 0.717) is 6.54 Å². The largest absolute Gasteiger partial charge is 0.390 e. The first-order valence-electron chi connectivity index (χ1n) is 6.35. The van der Waals surface area contributed by atoms with Gasteiger partial charge in [-0.15, -0.1) is 0 Å². The molecule has 1 atom stereocenters. The van der Waals surface area contributed by atoms with Gasteiger partial charge in [0, 0.05) is 13.1 Å². The zero-order valence-corrected chi connectivity index (χ0v) is 11.3. The van der Waals surface area contributed by atoms with Gasteiger partial charge < -0.3 is 15.7 Å². The van der Waals surface area contributed by atoms with E-state index in [1.165, 1.54) is 10.9 Å². The molecule has 20 heavy (non-hydrogen) atoms. The molecule has 1 heterocycles. The summed E-state index contributed by atoms with van der Waals surface area (Å²) >= 11 is 0. The molecule has 0 bridgehead atoms. The lowest BCUT2D eigenvalue weighted by atomic mass is 10.3. The molecule has 0 aliphatic carbocycles. The molecule has 1 rings (SSSR count). The number of hydrogen-bond donors (Lipinski definition) is 3. The van der Waals surface area contributed by atoms with Crippen LogP contribution in [0.5, 0.6) is 0 Å². The molecular weight excluding hydrogens is 266 g/mol. The zero-order valence-electron chi connectivity index (χ0n) is 11.3. The van der Waals surface area contributed by atoms with Crippen LogP contribution in [-0.4, -0.2) is 51.5 Å². The fourth-order valence-electron chi connectivity index (χ4n) is 1.51. The zero-order chi connectivity index (χ0) is 15.0. The summed E-state index contributed by atoms with van der Waals surface area (Å²) in [6.45, 7) is 3.03. The second kappa shape index (κ2) is 8.23. The van der Waals surface area contributed by atoms with E-state index in [2.05, 4.69) is 15.7 Å². The van der Waals surface area contributed by atoms with Gasteiger partial charge in [-0.3, -0.25) is 19.6 Å². The minimum atomic E-state index is -0.784. The Morgan fingerprint density at radius 1 is 1.65 bits per heavy atom. The summed E-state index contributed by atoms with van der Waals surface area (Å²) in [6, 6.07) is 0. The maximum Gasteiger partial charge on any atom is 0.306 e. The average molecular weight is 285 g/mol. The van der Waals surface area contributed by atoms with Crippen molar-refractivity contribution in [2.24, 2.45) is 0 Å². The molecule has 0 aromatic carbocycles. The predicted molar refractivity (Wildman–Crippen MR) is 71.1 cm³/mol. The summed E-state index contributed by atoms with van der Waals surface area (Å²) < 4.78 is 1.29. The van der Waals surface area contributed by atoms with Crippen molar-refractivity contribution in [3.63, 3.8) is 0 Å². The van der Waals surface area contributed by atoms with Gasteiger partial charge in [0.1, 0.15) is 12.4 Å². The number of nitrogens with one attached hydrogen (secondary N) is 2. The number of amides is 1. The molecule has 0 aliphatic heterocycles. The summed E-state index contributed by atoms with van der Waals surface area (Å²) in [5.41, 5.74) is -0.121. The molecule has 0 spiro atoms. The number of hydrogen-bond acceptors (Lipinski definition) is 6. The van der Waals surface area contributed by atoms with Crippen LogP contribution in [0.4, 0.5) is 5.69 Å². The molecule has 1 aromatic heterocycles. The maximum absolute atomic E-state index is 11.3. The van der Waals surface area contributed by atoms with E-state index in [1.807, 2.05) is 6.92 Å². The number of nitrogens with zero attached hydrogens (tertiary/aromatic N) is 3. The molecule has 1 unspecified atom stereocenters. The first-order chi connectivity index (χ1) is 9.52. The van der Waals surface area contributed by atoms with Crippen LogP contribution in [0, 0.1) is 10.1 Å². The number of carbonyl (C=O) groups excluding carboxylic acids is 1. The summed E-state index contributed by atoms with van der Waals surface area (Å²) in [4.78, 5) is 21.2. The SMILES string of the molecule is CCCNC(=O)CNCC(O)Cn1cc([N+](=O)[O-])cn1. The van der Waals surface area contributed by atoms with Crippen molar-refractivity contribution in [3.05, 3.63) is 22.5 Å². The van der Waals surface area contributed by atoms with E-state index in [9.17, 15) is 20.0 Å². The van der Waals surface area contributed by atoms with Crippen LogP contribution in [0.2, 0.25) is 0 Å². The summed E-state index contributed by atoms with van der Waals surface area (Å²) in [5.74, 6) is -0.131. The lowest BCUT2D eigenvalue weighted by Gasteiger charge is -2.11. The lowest BCUT2D eigenvalue weighted by molar-refractivity contribution is -0.385. The summed E-state index contributed by atoms with van der Waals surface area (Å²) in [5, 5.41) is 29.5. The Bertz CT molecular complexity index is 448. The average Bonchev–Trinajstić information content (AvgIpc) is 2.85. The highest BCUT2D eigenvalue weighted by Gasteiger charge is 2.12. The highest BCUT2D eigenvalue weighted by Crippen LogP contribution is 2.07. The van der Waals surface area contributed by atoms with E-state index < -0.39 is 11.0 Å². The predicted octanol–water partition coefficient (Wildman–Crippen LogP) is -0.732. The molecule has 0 aliphatic rings. The molecule has 9 heteroatoms. The van der Waals surface area contributed by atoms with Crippen molar-refractivity contribution in [1.29, 1.82) is 0 Å². The molecule has 0 saturated heterocycles. The monoisotopic (exact) mass is 285 g/mol. The van der Waals surface area contributed by atoms with Gasteiger partial charge in [0.05, 0.1) is 24.1 Å². The molecule has 0 saturated carbocycles. The molecule has 0 fully saturated rings. The Labute approximate surface area is 116 Å². The number of aliphatic hydroxyl groups is 1. The molecule has 3 N–H and O–H groups in total. The third-order valence-corrected chi connectivity index (χ3v) is 2.47. The van der Waals surface area contributed by atoms with Crippen LogP contribution in [-0.2, 0) is 11.3 Å². The van der Waals surface area contributed by atoms with Crippen LogP contribution in [0.3, 0.4) is 0 Å². The number of aliphatic hydroxyl groups excluding tert-OH is 1. The molecule has 1 amide bonds. The van der Waals surface area contributed by atoms with Gasteiger partial charge in [-0.25, -0.2) is 0 Å². The number of rotatable bonds is 9. The van der Waals surface area contributed by atoms with Crippen LogP contribution < -0.4 is 10.6 Å². The van der Waals surface area contributed by atoms with Crippen LogP contribution in [0.25, 0.3) is 0 Å². The standard InChI is InChI=1S/C11H19N5O4/c1-2-3-13-11(18)6-12-5-10(17)8-15-7-9(4-14-15)16(19)20/h4,7,10,12,17H,2-3,5-6,8H2,1H3,(H,13,18). The number of carbonyl (C=O) groups is 1. The van der Waals surface area contributed by atoms with E-state index >= 15 is 0 Å². The number of aromatic nitrogens is 2. The minimum Gasteiger partial charge on any atom is -0.390 e. The smallest absolute Gasteiger partial charge is 0.306 e. The Morgan fingerprint density at radius 3 is 3.00 bits per heavy atom. The van der Waals surface area contributed by atoms with Gasteiger partial charge >= 0.3 is 5.69 Å². The maximum atomic E-state index is 11.3. The van der Waals surface area contributed by atoms with Crippen molar-refractivity contribution < 1.29 is 14.8 Å². The second-order valence-corrected chi connectivity index (χ2v) is 4.31. The molecule has 0 radical (unpaired) electrons. The summed E-state index contributed by atoms with van der Waals surface area (Å²) in [6.07, 6.45) is 2.45. The van der Waals surface area contributed by atoms with E-state index in [0.717, 1.165) is 12.6 Å². The Kier molecular flexibility index (Phi) is 6.60. The van der Waals surface area contributed by atoms with Gasteiger partial charge in [-0.2, -0.15) is 5.10 Å². The van der Waals surface area contributed by atoms with Gasteiger partial charge in [-0.1, -0.05) is 6.92 Å². The van der Waals surface area contributed by atoms with Gasteiger partial charge in [0.2, 0.25) is 5.91 Å². The highest BCUT2D eigenvalue weighted by molar-refractivity contribution is 5.77. The van der Waals surface area contributed by atoms with Gasteiger partial charge in [0.25, 0.3) is 0 Å². The third-order valence-electron chi connectivity index (χ3n) is 2.47. The lowest BCUT2D eigenvalue weighted by Crippen LogP contribution is -2.38. The Morgan fingerprint density at radius 2 is 2.40 bits per heavy atom. The van der Waals surface area contributed by atoms with E-state index in [-0.39, 0.29) is 31.2 Å². The first kappa shape index (κ1) is 16.1. The van der Waals surface area contributed by atoms with Crippen molar-refractivity contribution in [1.82, 2.24) is 20.4 Å². The summed E-state index contributed by atoms with van der Waals surface area (Å²) in [7, 11) is 0. The van der Waals surface area contributed by atoms with Crippen LogP contribution >= 0.6 is 0 Å². The van der Waals surface area contributed by atoms with Crippen molar-refractivity contribution in [2.75, 3.05) is 19.6 Å². The van der Waals surface area contributed by atoms with Crippen molar-refractivity contribution in [3.8, 4) is 0 Å². The fraction of sp³-hybridized carbons (Fsp3) is 0.636. The first-order valence-corrected chi connectivity index (χ1v) is 6.35. The van der Waals surface area contributed by atoms with Crippen molar-refractivity contribution >= 4 is 11.6 Å².